The summed E-state index contributed by atoms with van der Waals surface area (Å²) in [6, 6.07) is 13.4. The highest BCUT2D eigenvalue weighted by molar-refractivity contribution is 5.97. The molecule has 5 heteroatoms. The lowest BCUT2D eigenvalue weighted by atomic mass is 9.95. The number of ether oxygens (including phenoxy) is 1. The van der Waals surface area contributed by atoms with Gasteiger partial charge < -0.3 is 4.74 Å². The Kier molecular flexibility index (Phi) is 4.86. The van der Waals surface area contributed by atoms with Crippen molar-refractivity contribution < 1.29 is 17.9 Å². The van der Waals surface area contributed by atoms with Gasteiger partial charge in [-0.25, -0.2) is 0 Å². The van der Waals surface area contributed by atoms with E-state index in [2.05, 4.69) is 11.6 Å². The molecule has 0 bridgehead atoms. The van der Waals surface area contributed by atoms with E-state index in [1.165, 1.54) is 12.3 Å². The topological polar surface area (TPSA) is 22.1 Å². The standard InChI is InChI=1S/C20H16F3NO/c1-2-11-25-13-15-12-24-19-16(9-6-10-17(19)20(21,22)23)18(15)14-7-4-3-5-8-14/h2-10,12H,1,11,13H2. The third-order valence-corrected chi connectivity index (χ3v) is 3.84. The smallest absolute Gasteiger partial charge is 0.373 e. The maximum absolute atomic E-state index is 13.3. The average molecular weight is 343 g/mol. The second-order valence-electron chi connectivity index (χ2n) is 5.53. The molecule has 0 radical (unpaired) electrons. The summed E-state index contributed by atoms with van der Waals surface area (Å²) in [6.07, 6.45) is -1.37. The Labute approximate surface area is 143 Å². The first-order chi connectivity index (χ1) is 12.0. The molecule has 0 fully saturated rings. The first kappa shape index (κ1) is 17.2. The van der Waals surface area contributed by atoms with E-state index in [1.54, 1.807) is 12.1 Å². The van der Waals surface area contributed by atoms with Gasteiger partial charge in [-0.2, -0.15) is 13.2 Å². The van der Waals surface area contributed by atoms with Crippen molar-refractivity contribution in [3.63, 3.8) is 0 Å². The Balaban J connectivity index is 2.25. The van der Waals surface area contributed by atoms with E-state index < -0.39 is 11.7 Å². The summed E-state index contributed by atoms with van der Waals surface area (Å²) >= 11 is 0. The molecule has 128 valence electrons. The summed E-state index contributed by atoms with van der Waals surface area (Å²) in [7, 11) is 0. The molecule has 0 unspecified atom stereocenters. The van der Waals surface area contributed by atoms with E-state index in [4.69, 9.17) is 4.74 Å². The third kappa shape index (κ3) is 3.56. The van der Waals surface area contributed by atoms with Gasteiger partial charge in [0, 0.05) is 17.1 Å². The second kappa shape index (κ2) is 7.07. The number of benzene rings is 2. The van der Waals surface area contributed by atoms with Crippen LogP contribution in [0.5, 0.6) is 0 Å². The van der Waals surface area contributed by atoms with Crippen LogP contribution < -0.4 is 0 Å². The van der Waals surface area contributed by atoms with Gasteiger partial charge in [-0.1, -0.05) is 48.5 Å². The van der Waals surface area contributed by atoms with Crippen LogP contribution in [-0.4, -0.2) is 11.6 Å². The second-order valence-corrected chi connectivity index (χ2v) is 5.53. The van der Waals surface area contributed by atoms with Crippen LogP contribution in [0.2, 0.25) is 0 Å². The SMILES string of the molecule is C=CCOCc1cnc2c(C(F)(F)F)cccc2c1-c1ccccc1. The molecule has 0 saturated carbocycles. The zero-order chi connectivity index (χ0) is 17.9. The van der Waals surface area contributed by atoms with Gasteiger partial charge in [-0.05, 0) is 17.2 Å². The van der Waals surface area contributed by atoms with Gasteiger partial charge in [-0.3, -0.25) is 4.98 Å². The minimum Gasteiger partial charge on any atom is -0.373 e. The van der Waals surface area contributed by atoms with Crippen molar-refractivity contribution >= 4 is 10.9 Å². The highest BCUT2D eigenvalue weighted by atomic mass is 19.4. The van der Waals surface area contributed by atoms with Crippen LogP contribution in [0.3, 0.4) is 0 Å². The maximum Gasteiger partial charge on any atom is 0.418 e. The largest absolute Gasteiger partial charge is 0.418 e. The molecule has 0 N–H and O–H groups in total. The third-order valence-electron chi connectivity index (χ3n) is 3.84. The van der Waals surface area contributed by atoms with Crippen molar-refractivity contribution in [2.24, 2.45) is 0 Å². The average Bonchev–Trinajstić information content (AvgIpc) is 2.61. The Hall–Kier alpha value is -2.66. The Morgan fingerprint density at radius 1 is 1.04 bits per heavy atom. The maximum atomic E-state index is 13.3. The first-order valence-corrected chi connectivity index (χ1v) is 7.74. The molecule has 0 aliphatic carbocycles. The van der Waals surface area contributed by atoms with E-state index in [9.17, 15) is 13.2 Å². The lowest BCUT2D eigenvalue weighted by molar-refractivity contribution is -0.136. The van der Waals surface area contributed by atoms with Crippen LogP contribution in [0.1, 0.15) is 11.1 Å². The van der Waals surface area contributed by atoms with E-state index in [1.807, 2.05) is 30.3 Å². The molecule has 0 atom stereocenters. The highest BCUT2D eigenvalue weighted by Gasteiger charge is 2.33. The Morgan fingerprint density at radius 2 is 1.80 bits per heavy atom. The predicted molar refractivity (Wildman–Crippen MR) is 92.0 cm³/mol. The minimum absolute atomic E-state index is 0.0543. The van der Waals surface area contributed by atoms with Crippen molar-refractivity contribution in [2.45, 2.75) is 12.8 Å². The number of nitrogens with zero attached hydrogens (tertiary/aromatic N) is 1. The zero-order valence-corrected chi connectivity index (χ0v) is 13.4. The summed E-state index contributed by atoms with van der Waals surface area (Å²) in [4.78, 5) is 4.09. The van der Waals surface area contributed by atoms with Crippen LogP contribution in [0.15, 0.2) is 67.4 Å². The molecule has 2 nitrogen and oxygen atoms in total. The van der Waals surface area contributed by atoms with Gasteiger partial charge in [0.05, 0.1) is 24.3 Å². The number of hydrogen-bond donors (Lipinski definition) is 0. The van der Waals surface area contributed by atoms with Crippen LogP contribution in [0, 0.1) is 0 Å². The molecule has 0 spiro atoms. The fourth-order valence-corrected chi connectivity index (χ4v) is 2.80. The van der Waals surface area contributed by atoms with Crippen molar-refractivity contribution in [1.29, 1.82) is 0 Å². The summed E-state index contributed by atoms with van der Waals surface area (Å²) in [6.45, 7) is 4.20. The van der Waals surface area contributed by atoms with E-state index >= 15 is 0 Å². The van der Waals surface area contributed by atoms with Gasteiger partial charge in [0.15, 0.2) is 0 Å². The number of alkyl halides is 3. The number of fused-ring (bicyclic) bond motifs is 1. The Morgan fingerprint density at radius 3 is 2.48 bits per heavy atom. The van der Waals surface area contributed by atoms with Crippen molar-refractivity contribution in [1.82, 2.24) is 4.98 Å². The summed E-state index contributed by atoms with van der Waals surface area (Å²) in [5, 5.41) is 0.459. The highest BCUT2D eigenvalue weighted by Crippen LogP contribution is 2.38. The van der Waals surface area contributed by atoms with E-state index in [0.29, 0.717) is 17.6 Å². The molecule has 0 amide bonds. The number of para-hydroxylation sites is 1. The lowest BCUT2D eigenvalue weighted by Gasteiger charge is -2.16. The number of rotatable bonds is 5. The van der Waals surface area contributed by atoms with Crippen LogP contribution >= 0.6 is 0 Å². The molecule has 0 aliphatic rings. The monoisotopic (exact) mass is 343 g/mol. The number of hydrogen-bond acceptors (Lipinski definition) is 2. The van der Waals surface area contributed by atoms with Crippen molar-refractivity contribution in [2.75, 3.05) is 6.61 Å². The molecular formula is C20H16F3NO. The van der Waals surface area contributed by atoms with Crippen LogP contribution in [-0.2, 0) is 17.5 Å². The zero-order valence-electron chi connectivity index (χ0n) is 13.4. The molecule has 1 heterocycles. The number of pyridine rings is 1. The number of halogens is 3. The molecule has 25 heavy (non-hydrogen) atoms. The summed E-state index contributed by atoms with van der Waals surface area (Å²) in [5.41, 5.74) is 1.48. The van der Waals surface area contributed by atoms with E-state index in [0.717, 1.165) is 17.2 Å². The lowest BCUT2D eigenvalue weighted by Crippen LogP contribution is -2.07. The number of aromatic nitrogens is 1. The fourth-order valence-electron chi connectivity index (χ4n) is 2.80. The first-order valence-electron chi connectivity index (χ1n) is 7.74. The van der Waals surface area contributed by atoms with E-state index in [-0.39, 0.29) is 12.1 Å². The van der Waals surface area contributed by atoms with Gasteiger partial charge >= 0.3 is 6.18 Å². The molecule has 0 aliphatic heterocycles. The molecule has 3 rings (SSSR count). The Bertz CT molecular complexity index is 889. The van der Waals surface area contributed by atoms with Gasteiger partial charge in [0.2, 0.25) is 0 Å². The predicted octanol–water partition coefficient (Wildman–Crippen LogP) is 5.62. The van der Waals surface area contributed by atoms with Crippen molar-refractivity contribution in [3.05, 3.63) is 78.5 Å². The molecule has 3 aromatic rings. The fraction of sp³-hybridized carbons (Fsp3) is 0.150. The van der Waals surface area contributed by atoms with Crippen molar-refractivity contribution in [3.8, 4) is 11.1 Å². The summed E-state index contributed by atoms with van der Waals surface area (Å²) < 4.78 is 45.5. The van der Waals surface area contributed by atoms with Crippen LogP contribution in [0.4, 0.5) is 13.2 Å². The van der Waals surface area contributed by atoms with Gasteiger partial charge in [0.1, 0.15) is 0 Å². The van der Waals surface area contributed by atoms with Gasteiger partial charge in [0.25, 0.3) is 0 Å². The van der Waals surface area contributed by atoms with Gasteiger partial charge in [-0.15, -0.1) is 6.58 Å². The summed E-state index contributed by atoms with van der Waals surface area (Å²) in [5.74, 6) is 0. The quantitative estimate of drug-likeness (QED) is 0.443. The molecule has 2 aromatic carbocycles. The molecular weight excluding hydrogens is 327 g/mol. The molecule has 1 aromatic heterocycles. The normalized spacial score (nSPS) is 11.6. The minimum atomic E-state index is -4.46. The van der Waals surface area contributed by atoms with Crippen LogP contribution in [0.25, 0.3) is 22.0 Å². The molecule has 0 saturated heterocycles.